The van der Waals surface area contributed by atoms with Crippen LogP contribution >= 0.6 is 11.3 Å². The SMILES string of the molecule is Cn1c(N2CCCN(C(=O)OC(C)(C)C)CC2)nc2ccsc2c1=O. The van der Waals surface area contributed by atoms with E-state index in [4.69, 9.17) is 4.74 Å². The highest BCUT2D eigenvalue weighted by molar-refractivity contribution is 7.17. The van der Waals surface area contributed by atoms with E-state index in [0.29, 0.717) is 30.3 Å². The molecule has 1 amide bonds. The van der Waals surface area contributed by atoms with Crippen molar-refractivity contribution >= 4 is 33.6 Å². The lowest BCUT2D eigenvalue weighted by Crippen LogP contribution is -2.39. The van der Waals surface area contributed by atoms with Gasteiger partial charge in [-0.15, -0.1) is 11.3 Å². The van der Waals surface area contributed by atoms with Gasteiger partial charge < -0.3 is 14.5 Å². The van der Waals surface area contributed by atoms with Crippen molar-refractivity contribution in [2.75, 3.05) is 31.1 Å². The molecule has 0 saturated carbocycles. The lowest BCUT2D eigenvalue weighted by Gasteiger charge is -2.27. The lowest BCUT2D eigenvalue weighted by atomic mass is 10.2. The number of aromatic nitrogens is 2. The molecule has 1 aliphatic heterocycles. The fourth-order valence-electron chi connectivity index (χ4n) is 2.89. The molecule has 2 aromatic rings. The maximum atomic E-state index is 12.5. The van der Waals surface area contributed by atoms with Crippen LogP contribution in [0.2, 0.25) is 0 Å². The second kappa shape index (κ2) is 6.67. The zero-order valence-corrected chi connectivity index (χ0v) is 15.9. The third kappa shape index (κ3) is 3.78. The number of hydrogen-bond donors (Lipinski definition) is 0. The molecular formula is C17H24N4O3S. The number of carbonyl (C=O) groups is 1. The first-order chi connectivity index (χ1) is 11.8. The van der Waals surface area contributed by atoms with Crippen LogP contribution in [-0.4, -0.2) is 52.3 Å². The largest absolute Gasteiger partial charge is 0.444 e. The van der Waals surface area contributed by atoms with Gasteiger partial charge >= 0.3 is 6.09 Å². The van der Waals surface area contributed by atoms with Crippen molar-refractivity contribution in [1.82, 2.24) is 14.5 Å². The molecule has 0 atom stereocenters. The summed E-state index contributed by atoms with van der Waals surface area (Å²) in [6.07, 6.45) is 0.515. The molecule has 1 fully saturated rings. The number of thiophene rings is 1. The Morgan fingerprint density at radius 3 is 2.72 bits per heavy atom. The van der Waals surface area contributed by atoms with Crippen LogP contribution in [0, 0.1) is 0 Å². The van der Waals surface area contributed by atoms with E-state index < -0.39 is 5.60 Å². The number of hydrogen-bond acceptors (Lipinski definition) is 6. The molecule has 0 aliphatic carbocycles. The normalized spacial score (nSPS) is 16.2. The Morgan fingerprint density at radius 2 is 2.00 bits per heavy atom. The number of fused-ring (bicyclic) bond motifs is 1. The molecule has 0 spiro atoms. The van der Waals surface area contributed by atoms with Crippen LogP contribution in [0.15, 0.2) is 16.2 Å². The minimum atomic E-state index is -0.501. The van der Waals surface area contributed by atoms with E-state index in [-0.39, 0.29) is 11.7 Å². The van der Waals surface area contributed by atoms with Gasteiger partial charge in [0.05, 0.1) is 5.52 Å². The van der Waals surface area contributed by atoms with Crippen molar-refractivity contribution in [3.8, 4) is 0 Å². The zero-order valence-electron chi connectivity index (χ0n) is 15.1. The molecule has 7 nitrogen and oxygen atoms in total. The van der Waals surface area contributed by atoms with Gasteiger partial charge in [0.2, 0.25) is 5.95 Å². The van der Waals surface area contributed by atoms with E-state index >= 15 is 0 Å². The summed E-state index contributed by atoms with van der Waals surface area (Å²) >= 11 is 1.41. The number of carbonyl (C=O) groups excluding carboxylic acids is 1. The van der Waals surface area contributed by atoms with Crippen molar-refractivity contribution in [2.24, 2.45) is 7.05 Å². The second-order valence-corrected chi connectivity index (χ2v) is 8.14. The molecule has 1 saturated heterocycles. The van der Waals surface area contributed by atoms with E-state index in [1.165, 1.54) is 11.3 Å². The summed E-state index contributed by atoms with van der Waals surface area (Å²) in [6, 6.07) is 1.87. The standard InChI is InChI=1S/C17H24N4O3S/c1-17(2,3)24-16(23)21-8-5-7-20(9-10-21)15-18-12-6-11-25-13(12)14(22)19(15)4/h6,11H,5,7-10H2,1-4H3. The minimum absolute atomic E-state index is 0.0248. The Kier molecular flexibility index (Phi) is 4.73. The zero-order chi connectivity index (χ0) is 18.2. The highest BCUT2D eigenvalue weighted by atomic mass is 32.1. The van der Waals surface area contributed by atoms with Gasteiger partial charge in [-0.2, -0.15) is 0 Å². The third-order valence-corrected chi connectivity index (χ3v) is 4.99. The highest BCUT2D eigenvalue weighted by Crippen LogP contribution is 2.20. The molecule has 136 valence electrons. The van der Waals surface area contributed by atoms with E-state index in [1.807, 2.05) is 32.2 Å². The molecule has 8 heteroatoms. The Labute approximate surface area is 150 Å². The molecule has 3 heterocycles. The predicted molar refractivity (Wildman–Crippen MR) is 99.5 cm³/mol. The van der Waals surface area contributed by atoms with Crippen molar-refractivity contribution in [3.05, 3.63) is 21.8 Å². The van der Waals surface area contributed by atoms with Crippen molar-refractivity contribution in [3.63, 3.8) is 0 Å². The molecular weight excluding hydrogens is 340 g/mol. The van der Waals surface area contributed by atoms with Crippen LogP contribution in [-0.2, 0) is 11.8 Å². The number of anilines is 1. The smallest absolute Gasteiger partial charge is 0.410 e. The Balaban J connectivity index is 1.79. The fourth-order valence-corrected chi connectivity index (χ4v) is 3.69. The molecule has 0 unspecified atom stereocenters. The molecule has 0 N–H and O–H groups in total. The maximum absolute atomic E-state index is 12.5. The van der Waals surface area contributed by atoms with Crippen molar-refractivity contribution < 1.29 is 9.53 Å². The van der Waals surface area contributed by atoms with Gasteiger partial charge in [0, 0.05) is 33.2 Å². The summed E-state index contributed by atoms with van der Waals surface area (Å²) in [5.74, 6) is 0.655. The van der Waals surface area contributed by atoms with Crippen LogP contribution in [0.3, 0.4) is 0 Å². The van der Waals surface area contributed by atoms with Gasteiger partial charge in [0.15, 0.2) is 0 Å². The first-order valence-corrected chi connectivity index (χ1v) is 9.31. The van der Waals surface area contributed by atoms with Crippen LogP contribution in [0.1, 0.15) is 27.2 Å². The predicted octanol–water partition coefficient (Wildman–Crippen LogP) is 2.44. The average molecular weight is 364 g/mol. The molecule has 0 aromatic carbocycles. The summed E-state index contributed by atoms with van der Waals surface area (Å²) in [6.45, 7) is 8.15. The molecule has 3 rings (SSSR count). The van der Waals surface area contributed by atoms with Crippen LogP contribution < -0.4 is 10.5 Å². The molecule has 25 heavy (non-hydrogen) atoms. The average Bonchev–Trinajstić information content (AvgIpc) is 2.85. The van der Waals surface area contributed by atoms with Gasteiger partial charge in [0.25, 0.3) is 5.56 Å². The van der Waals surface area contributed by atoms with Crippen molar-refractivity contribution in [1.29, 1.82) is 0 Å². The first kappa shape index (κ1) is 17.7. The van der Waals surface area contributed by atoms with Crippen LogP contribution in [0.4, 0.5) is 10.7 Å². The third-order valence-electron chi connectivity index (χ3n) is 4.09. The van der Waals surface area contributed by atoms with E-state index in [0.717, 1.165) is 18.5 Å². The van der Waals surface area contributed by atoms with Gasteiger partial charge in [-0.1, -0.05) is 0 Å². The first-order valence-electron chi connectivity index (χ1n) is 8.43. The Morgan fingerprint density at radius 1 is 1.24 bits per heavy atom. The number of nitrogens with zero attached hydrogens (tertiary/aromatic N) is 4. The maximum Gasteiger partial charge on any atom is 0.410 e. The molecule has 0 bridgehead atoms. The summed E-state index contributed by atoms with van der Waals surface area (Å²) in [5, 5.41) is 1.88. The van der Waals surface area contributed by atoms with Gasteiger partial charge in [-0.3, -0.25) is 9.36 Å². The van der Waals surface area contributed by atoms with Gasteiger partial charge in [-0.25, -0.2) is 9.78 Å². The summed E-state index contributed by atoms with van der Waals surface area (Å²) in [7, 11) is 1.75. The number of amides is 1. The van der Waals surface area contributed by atoms with E-state index in [9.17, 15) is 9.59 Å². The fraction of sp³-hybridized carbons (Fsp3) is 0.588. The number of rotatable bonds is 1. The minimum Gasteiger partial charge on any atom is -0.444 e. The van der Waals surface area contributed by atoms with Crippen LogP contribution in [0.25, 0.3) is 10.2 Å². The Hall–Kier alpha value is -2.09. The summed E-state index contributed by atoms with van der Waals surface area (Å²) in [5.41, 5.74) is 0.206. The quantitative estimate of drug-likeness (QED) is 0.777. The van der Waals surface area contributed by atoms with Crippen molar-refractivity contribution in [2.45, 2.75) is 32.8 Å². The second-order valence-electron chi connectivity index (χ2n) is 7.22. The lowest BCUT2D eigenvalue weighted by molar-refractivity contribution is 0.0263. The van der Waals surface area contributed by atoms with Crippen LogP contribution in [0.5, 0.6) is 0 Å². The summed E-state index contributed by atoms with van der Waals surface area (Å²) in [4.78, 5) is 33.2. The topological polar surface area (TPSA) is 67.7 Å². The Bertz CT molecular complexity index is 837. The molecule has 0 radical (unpaired) electrons. The van der Waals surface area contributed by atoms with E-state index in [1.54, 1.807) is 16.5 Å². The van der Waals surface area contributed by atoms with E-state index in [2.05, 4.69) is 9.88 Å². The summed E-state index contributed by atoms with van der Waals surface area (Å²) < 4.78 is 7.74. The molecule has 1 aliphatic rings. The highest BCUT2D eigenvalue weighted by Gasteiger charge is 2.25. The van der Waals surface area contributed by atoms with Gasteiger partial charge in [0.1, 0.15) is 10.3 Å². The monoisotopic (exact) mass is 364 g/mol. The molecule has 2 aromatic heterocycles. The number of ether oxygens (including phenoxy) is 1. The van der Waals surface area contributed by atoms with Gasteiger partial charge in [-0.05, 0) is 38.6 Å².